The molecule has 0 aliphatic heterocycles. The summed E-state index contributed by atoms with van der Waals surface area (Å²) in [5, 5.41) is 9.11. The number of ether oxygens (including phenoxy) is 2. The molecule has 0 unspecified atom stereocenters. The van der Waals surface area contributed by atoms with Crippen LogP contribution in [0.3, 0.4) is 0 Å². The molecule has 0 saturated carbocycles. The summed E-state index contributed by atoms with van der Waals surface area (Å²) in [7, 11) is 0. The lowest BCUT2D eigenvalue weighted by Crippen LogP contribution is -2.14. The van der Waals surface area contributed by atoms with Gasteiger partial charge in [0.15, 0.2) is 6.61 Å². The fourth-order valence-electron chi connectivity index (χ4n) is 2.49. The maximum atomic E-state index is 11.9. The number of aromatic nitrogens is 1. The summed E-state index contributed by atoms with van der Waals surface area (Å²) in [5.74, 6) is 0.234. The molecule has 130 valence electrons. The second-order valence-corrected chi connectivity index (χ2v) is 7.25. The van der Waals surface area contributed by atoms with Crippen LogP contribution in [0.15, 0.2) is 64.7 Å². The summed E-state index contributed by atoms with van der Waals surface area (Å²) in [6, 6.07) is 15.8. The number of hydrogen-bond acceptors (Lipinski definition) is 6. The van der Waals surface area contributed by atoms with Crippen molar-refractivity contribution < 1.29 is 14.3 Å². The van der Waals surface area contributed by atoms with E-state index in [0.717, 1.165) is 27.0 Å². The largest absolute Gasteiger partial charge is 0.482 e. The number of rotatable bonds is 6. The molecule has 2 aromatic carbocycles. The molecule has 0 aliphatic rings. The van der Waals surface area contributed by atoms with Crippen LogP contribution in [0, 0.1) is 0 Å². The molecule has 2 aromatic heterocycles. The van der Waals surface area contributed by atoms with E-state index in [0.29, 0.717) is 5.75 Å². The Kier molecular flexibility index (Phi) is 4.95. The van der Waals surface area contributed by atoms with Crippen LogP contribution >= 0.6 is 22.7 Å². The zero-order chi connectivity index (χ0) is 17.8. The van der Waals surface area contributed by atoms with Crippen LogP contribution in [0.5, 0.6) is 5.75 Å². The molecular weight excluding hydrogens is 366 g/mol. The summed E-state index contributed by atoms with van der Waals surface area (Å²) >= 11 is 3.18. The molecule has 0 atom stereocenters. The van der Waals surface area contributed by atoms with Gasteiger partial charge in [0, 0.05) is 16.3 Å². The van der Waals surface area contributed by atoms with Gasteiger partial charge in [-0.25, -0.2) is 9.78 Å². The van der Waals surface area contributed by atoms with Crippen LogP contribution in [-0.2, 0) is 16.1 Å². The van der Waals surface area contributed by atoms with Gasteiger partial charge in [-0.3, -0.25) is 0 Å². The Bertz CT molecular complexity index is 1020. The van der Waals surface area contributed by atoms with Crippen molar-refractivity contribution in [1.82, 2.24) is 4.98 Å². The number of nitrogens with zero attached hydrogens (tertiary/aromatic N) is 1. The zero-order valence-electron chi connectivity index (χ0n) is 13.8. The molecule has 0 spiro atoms. The van der Waals surface area contributed by atoms with Gasteiger partial charge in [0.05, 0.1) is 5.69 Å². The van der Waals surface area contributed by atoms with Crippen LogP contribution in [-0.4, -0.2) is 17.6 Å². The van der Waals surface area contributed by atoms with E-state index in [1.165, 1.54) is 0 Å². The van der Waals surface area contributed by atoms with Gasteiger partial charge in [-0.1, -0.05) is 30.3 Å². The van der Waals surface area contributed by atoms with Gasteiger partial charge in [0.25, 0.3) is 0 Å². The van der Waals surface area contributed by atoms with E-state index < -0.39 is 5.97 Å². The number of thiazole rings is 1. The number of fused-ring (bicyclic) bond motifs is 1. The van der Waals surface area contributed by atoms with Crippen LogP contribution < -0.4 is 4.74 Å². The van der Waals surface area contributed by atoms with Crippen LogP contribution in [0.25, 0.3) is 21.3 Å². The van der Waals surface area contributed by atoms with E-state index >= 15 is 0 Å². The van der Waals surface area contributed by atoms with Gasteiger partial charge in [0.2, 0.25) is 0 Å². The molecule has 26 heavy (non-hydrogen) atoms. The molecular formula is C20H15NO3S2. The van der Waals surface area contributed by atoms with Crippen molar-refractivity contribution >= 4 is 39.4 Å². The van der Waals surface area contributed by atoms with Crippen molar-refractivity contribution in [2.45, 2.75) is 6.61 Å². The molecule has 0 aliphatic carbocycles. The van der Waals surface area contributed by atoms with E-state index in [1.807, 2.05) is 64.7 Å². The van der Waals surface area contributed by atoms with E-state index in [4.69, 9.17) is 9.47 Å². The summed E-state index contributed by atoms with van der Waals surface area (Å²) in [6.45, 7) is 0.0282. The molecule has 6 heteroatoms. The minimum Gasteiger partial charge on any atom is -0.482 e. The Labute approximate surface area is 158 Å². The topological polar surface area (TPSA) is 48.4 Å². The fraction of sp³-hybridized carbons (Fsp3) is 0.100. The van der Waals surface area contributed by atoms with Crippen molar-refractivity contribution in [2.75, 3.05) is 6.61 Å². The SMILES string of the molecule is O=C(COc1ccc2ccccc2c1)OCc1csc(-c2ccsc2)n1. The van der Waals surface area contributed by atoms with E-state index in [9.17, 15) is 4.79 Å². The maximum Gasteiger partial charge on any atom is 0.344 e. The summed E-state index contributed by atoms with van der Waals surface area (Å²) in [6.07, 6.45) is 0. The first-order valence-electron chi connectivity index (χ1n) is 8.02. The Balaban J connectivity index is 1.30. The minimum absolute atomic E-state index is 0.125. The van der Waals surface area contributed by atoms with Crippen LogP contribution in [0.4, 0.5) is 0 Å². The lowest BCUT2D eigenvalue weighted by Gasteiger charge is -2.07. The quantitative estimate of drug-likeness (QED) is 0.434. The molecule has 0 N–H and O–H groups in total. The Morgan fingerprint density at radius 3 is 2.77 bits per heavy atom. The molecule has 0 radical (unpaired) electrons. The fourth-order valence-corrected chi connectivity index (χ4v) is 4.00. The maximum absolute atomic E-state index is 11.9. The summed E-state index contributed by atoms with van der Waals surface area (Å²) in [4.78, 5) is 16.4. The predicted octanol–water partition coefficient (Wildman–Crippen LogP) is 5.15. The van der Waals surface area contributed by atoms with E-state index in [2.05, 4.69) is 4.98 Å². The van der Waals surface area contributed by atoms with E-state index in [-0.39, 0.29) is 13.2 Å². The Morgan fingerprint density at radius 1 is 1.04 bits per heavy atom. The molecule has 0 fully saturated rings. The second-order valence-electron chi connectivity index (χ2n) is 5.61. The number of hydrogen-bond donors (Lipinski definition) is 0. The monoisotopic (exact) mass is 381 g/mol. The van der Waals surface area contributed by atoms with Gasteiger partial charge in [0.1, 0.15) is 17.4 Å². The first-order valence-corrected chi connectivity index (χ1v) is 9.84. The summed E-state index contributed by atoms with van der Waals surface area (Å²) in [5.41, 5.74) is 1.84. The standard InChI is InChI=1S/C20H15NO3S2/c22-19(11-23-18-6-5-14-3-1-2-4-15(14)9-18)24-10-17-13-26-20(21-17)16-7-8-25-12-16/h1-9,12-13H,10-11H2. The number of benzene rings is 2. The van der Waals surface area contributed by atoms with Gasteiger partial charge < -0.3 is 9.47 Å². The molecule has 0 amide bonds. The number of carbonyl (C=O) groups is 1. The lowest BCUT2D eigenvalue weighted by atomic mass is 10.1. The smallest absolute Gasteiger partial charge is 0.344 e. The highest BCUT2D eigenvalue weighted by molar-refractivity contribution is 7.14. The number of esters is 1. The average Bonchev–Trinajstić information content (AvgIpc) is 3.36. The van der Waals surface area contributed by atoms with Gasteiger partial charge in [-0.05, 0) is 34.4 Å². The Morgan fingerprint density at radius 2 is 1.92 bits per heavy atom. The minimum atomic E-state index is -0.414. The van der Waals surface area contributed by atoms with Gasteiger partial charge in [-0.15, -0.1) is 11.3 Å². The highest BCUT2D eigenvalue weighted by Crippen LogP contribution is 2.26. The third kappa shape index (κ3) is 3.92. The molecule has 4 rings (SSSR count). The second kappa shape index (κ2) is 7.68. The van der Waals surface area contributed by atoms with Crippen molar-refractivity contribution in [1.29, 1.82) is 0 Å². The number of thiophene rings is 1. The molecule has 0 saturated heterocycles. The average molecular weight is 381 g/mol. The zero-order valence-corrected chi connectivity index (χ0v) is 15.4. The predicted molar refractivity (Wildman–Crippen MR) is 105 cm³/mol. The molecule has 0 bridgehead atoms. The van der Waals surface area contributed by atoms with Crippen molar-refractivity contribution in [3.05, 3.63) is 70.4 Å². The van der Waals surface area contributed by atoms with Crippen molar-refractivity contribution in [3.63, 3.8) is 0 Å². The van der Waals surface area contributed by atoms with Gasteiger partial charge in [-0.2, -0.15) is 11.3 Å². The molecule has 4 aromatic rings. The normalized spacial score (nSPS) is 10.8. The van der Waals surface area contributed by atoms with Crippen LogP contribution in [0.2, 0.25) is 0 Å². The van der Waals surface area contributed by atoms with Crippen molar-refractivity contribution in [2.24, 2.45) is 0 Å². The van der Waals surface area contributed by atoms with Crippen molar-refractivity contribution in [3.8, 4) is 16.3 Å². The molecule has 4 nitrogen and oxygen atoms in total. The highest BCUT2D eigenvalue weighted by atomic mass is 32.1. The van der Waals surface area contributed by atoms with Gasteiger partial charge >= 0.3 is 5.97 Å². The van der Waals surface area contributed by atoms with Crippen LogP contribution in [0.1, 0.15) is 5.69 Å². The lowest BCUT2D eigenvalue weighted by molar-refractivity contribution is -0.147. The third-order valence-electron chi connectivity index (χ3n) is 3.78. The van der Waals surface area contributed by atoms with E-state index in [1.54, 1.807) is 22.7 Å². The third-order valence-corrected chi connectivity index (χ3v) is 5.40. The first-order chi connectivity index (χ1) is 12.8. The summed E-state index contributed by atoms with van der Waals surface area (Å²) < 4.78 is 10.8. The highest BCUT2D eigenvalue weighted by Gasteiger charge is 2.09. The first kappa shape index (κ1) is 16.8. The molecule has 2 heterocycles. The number of carbonyl (C=O) groups excluding carboxylic acids is 1. The Hall–Kier alpha value is -2.70.